The third kappa shape index (κ3) is 4.82. The molecule has 2 aromatic rings. The molecule has 1 heterocycles. The molecule has 0 fully saturated rings. The SMILES string of the molecule is CCN1C(=O)[C@H](NC(=O)C(=O)NCCc2ccc(OC)c(OC)c2)c2cc(Br)ccc21. The van der Waals surface area contributed by atoms with E-state index in [2.05, 4.69) is 26.6 Å². The van der Waals surface area contributed by atoms with Gasteiger partial charge in [0.05, 0.1) is 14.2 Å². The van der Waals surface area contributed by atoms with Crippen LogP contribution in [-0.4, -0.2) is 45.0 Å². The van der Waals surface area contributed by atoms with Crippen LogP contribution in [0.2, 0.25) is 0 Å². The highest BCUT2D eigenvalue weighted by atomic mass is 79.9. The van der Waals surface area contributed by atoms with Crippen molar-refractivity contribution in [2.75, 3.05) is 32.2 Å². The average molecular weight is 490 g/mol. The van der Waals surface area contributed by atoms with Gasteiger partial charge in [-0.2, -0.15) is 0 Å². The highest BCUT2D eigenvalue weighted by Crippen LogP contribution is 2.37. The molecule has 0 saturated carbocycles. The third-order valence-electron chi connectivity index (χ3n) is 5.05. The first-order chi connectivity index (χ1) is 14.9. The summed E-state index contributed by atoms with van der Waals surface area (Å²) in [6, 6.07) is 9.99. The van der Waals surface area contributed by atoms with E-state index in [1.165, 1.54) is 0 Å². The first kappa shape index (κ1) is 22.6. The average Bonchev–Trinajstić information content (AvgIpc) is 3.03. The molecule has 0 saturated heterocycles. The number of ether oxygens (including phenoxy) is 2. The third-order valence-corrected chi connectivity index (χ3v) is 5.54. The van der Waals surface area contributed by atoms with Gasteiger partial charge in [-0.1, -0.05) is 22.0 Å². The monoisotopic (exact) mass is 489 g/mol. The van der Waals surface area contributed by atoms with Gasteiger partial charge in [0, 0.05) is 28.8 Å². The fourth-order valence-electron chi connectivity index (χ4n) is 3.51. The molecule has 1 aliphatic rings. The Kier molecular flexibility index (Phi) is 7.17. The molecular weight excluding hydrogens is 466 g/mol. The predicted octanol–water partition coefficient (Wildman–Crippen LogP) is 2.35. The van der Waals surface area contributed by atoms with E-state index in [1.807, 2.05) is 31.2 Å². The molecule has 8 nitrogen and oxygen atoms in total. The van der Waals surface area contributed by atoms with E-state index in [9.17, 15) is 14.4 Å². The van der Waals surface area contributed by atoms with E-state index in [0.717, 1.165) is 15.7 Å². The molecule has 164 valence electrons. The summed E-state index contributed by atoms with van der Waals surface area (Å²) >= 11 is 3.39. The zero-order valence-electron chi connectivity index (χ0n) is 17.5. The fraction of sp³-hybridized carbons (Fsp3) is 0.318. The first-order valence-electron chi connectivity index (χ1n) is 9.80. The number of methoxy groups -OCH3 is 2. The maximum atomic E-state index is 12.7. The number of rotatable bonds is 7. The van der Waals surface area contributed by atoms with Gasteiger partial charge in [-0.15, -0.1) is 0 Å². The number of likely N-dealkylation sites (N-methyl/N-ethyl adjacent to an activating group) is 1. The van der Waals surface area contributed by atoms with Crippen LogP contribution in [0, 0.1) is 0 Å². The van der Waals surface area contributed by atoms with E-state index in [0.29, 0.717) is 30.0 Å². The van der Waals surface area contributed by atoms with Crippen LogP contribution in [0.4, 0.5) is 5.69 Å². The summed E-state index contributed by atoms with van der Waals surface area (Å²) in [7, 11) is 3.11. The molecule has 0 unspecified atom stereocenters. The van der Waals surface area contributed by atoms with Gasteiger partial charge < -0.3 is 25.0 Å². The Morgan fingerprint density at radius 2 is 1.81 bits per heavy atom. The second-order valence-electron chi connectivity index (χ2n) is 6.89. The maximum Gasteiger partial charge on any atom is 0.310 e. The van der Waals surface area contributed by atoms with Crippen LogP contribution in [0.3, 0.4) is 0 Å². The van der Waals surface area contributed by atoms with Crippen molar-refractivity contribution in [2.24, 2.45) is 0 Å². The Balaban J connectivity index is 1.60. The van der Waals surface area contributed by atoms with Gasteiger partial charge in [0.15, 0.2) is 11.5 Å². The molecule has 2 N–H and O–H groups in total. The van der Waals surface area contributed by atoms with Crippen LogP contribution in [0.5, 0.6) is 11.5 Å². The summed E-state index contributed by atoms with van der Waals surface area (Å²) in [4.78, 5) is 39.0. The first-order valence-corrected chi connectivity index (χ1v) is 10.6. The molecule has 1 aliphatic heterocycles. The molecule has 2 aromatic carbocycles. The zero-order valence-corrected chi connectivity index (χ0v) is 19.1. The molecule has 0 aromatic heterocycles. The van der Waals surface area contributed by atoms with Gasteiger partial charge in [-0.3, -0.25) is 14.4 Å². The summed E-state index contributed by atoms with van der Waals surface area (Å²) in [5, 5.41) is 5.15. The minimum absolute atomic E-state index is 0.254. The Bertz CT molecular complexity index is 1010. The van der Waals surface area contributed by atoms with Crippen LogP contribution in [0.25, 0.3) is 0 Å². The van der Waals surface area contributed by atoms with Crippen molar-refractivity contribution >= 4 is 39.3 Å². The number of benzene rings is 2. The van der Waals surface area contributed by atoms with Crippen molar-refractivity contribution in [3.8, 4) is 11.5 Å². The highest BCUT2D eigenvalue weighted by Gasteiger charge is 2.38. The minimum Gasteiger partial charge on any atom is -0.493 e. The van der Waals surface area contributed by atoms with Crippen molar-refractivity contribution in [2.45, 2.75) is 19.4 Å². The molecular formula is C22H24BrN3O5. The minimum atomic E-state index is -0.892. The number of carbonyl (C=O) groups excluding carboxylic acids is 3. The molecule has 0 radical (unpaired) electrons. The van der Waals surface area contributed by atoms with Crippen LogP contribution >= 0.6 is 15.9 Å². The molecule has 3 amide bonds. The number of nitrogens with one attached hydrogen (secondary N) is 2. The van der Waals surface area contributed by atoms with E-state index in [4.69, 9.17) is 9.47 Å². The van der Waals surface area contributed by atoms with Crippen LogP contribution in [0.15, 0.2) is 40.9 Å². The Hall–Kier alpha value is -3.07. The number of hydrogen-bond acceptors (Lipinski definition) is 5. The summed E-state index contributed by atoms with van der Waals surface area (Å²) < 4.78 is 11.3. The van der Waals surface area contributed by atoms with Crippen LogP contribution < -0.4 is 25.0 Å². The second kappa shape index (κ2) is 9.82. The quantitative estimate of drug-likeness (QED) is 0.581. The lowest BCUT2D eigenvalue weighted by atomic mass is 10.1. The molecule has 3 rings (SSSR count). The van der Waals surface area contributed by atoms with Crippen molar-refractivity contribution < 1.29 is 23.9 Å². The largest absolute Gasteiger partial charge is 0.493 e. The number of amides is 3. The van der Waals surface area contributed by atoms with E-state index in [1.54, 1.807) is 31.3 Å². The van der Waals surface area contributed by atoms with Gasteiger partial charge in [-0.05, 0) is 49.2 Å². The molecule has 1 atom stereocenters. The summed E-state index contributed by atoms with van der Waals surface area (Å²) in [5.41, 5.74) is 2.31. The van der Waals surface area contributed by atoms with E-state index in [-0.39, 0.29) is 12.5 Å². The van der Waals surface area contributed by atoms with Gasteiger partial charge >= 0.3 is 11.8 Å². The summed E-state index contributed by atoms with van der Waals surface area (Å²) in [6.45, 7) is 2.58. The lowest BCUT2D eigenvalue weighted by Crippen LogP contribution is -2.44. The molecule has 0 aliphatic carbocycles. The van der Waals surface area contributed by atoms with Gasteiger partial charge in [0.1, 0.15) is 6.04 Å². The predicted molar refractivity (Wildman–Crippen MR) is 119 cm³/mol. The number of nitrogens with zero attached hydrogens (tertiary/aromatic N) is 1. The number of halogens is 1. The summed E-state index contributed by atoms with van der Waals surface area (Å²) in [5.74, 6) is -0.700. The van der Waals surface area contributed by atoms with Gasteiger partial charge in [0.25, 0.3) is 5.91 Å². The van der Waals surface area contributed by atoms with Crippen molar-refractivity contribution in [1.82, 2.24) is 10.6 Å². The smallest absolute Gasteiger partial charge is 0.310 e. The van der Waals surface area contributed by atoms with Crippen molar-refractivity contribution in [3.63, 3.8) is 0 Å². The lowest BCUT2D eigenvalue weighted by Gasteiger charge is -2.15. The van der Waals surface area contributed by atoms with Crippen LogP contribution in [0.1, 0.15) is 24.1 Å². The van der Waals surface area contributed by atoms with Crippen molar-refractivity contribution in [1.29, 1.82) is 0 Å². The standard InChI is InChI=1S/C22H24BrN3O5/c1-4-26-16-7-6-14(23)12-15(16)19(22(26)29)25-21(28)20(27)24-10-9-13-5-8-17(30-2)18(11-13)31-3/h5-8,11-12,19H,4,9-10H2,1-3H3,(H,24,27)(H,25,28)/t19-/m1/s1. The molecule has 9 heteroatoms. The van der Waals surface area contributed by atoms with Gasteiger partial charge in [0.2, 0.25) is 0 Å². The number of anilines is 1. The summed E-state index contributed by atoms with van der Waals surface area (Å²) in [6.07, 6.45) is 0.501. The Labute approximate surface area is 189 Å². The van der Waals surface area contributed by atoms with E-state index >= 15 is 0 Å². The topological polar surface area (TPSA) is 97.0 Å². The maximum absolute atomic E-state index is 12.7. The van der Waals surface area contributed by atoms with Gasteiger partial charge in [-0.25, -0.2) is 0 Å². The van der Waals surface area contributed by atoms with E-state index < -0.39 is 17.9 Å². The lowest BCUT2D eigenvalue weighted by molar-refractivity contribution is -0.140. The number of carbonyl (C=O) groups is 3. The van der Waals surface area contributed by atoms with Crippen LogP contribution in [-0.2, 0) is 20.8 Å². The molecule has 0 bridgehead atoms. The fourth-order valence-corrected chi connectivity index (χ4v) is 3.89. The Morgan fingerprint density at radius 1 is 1.06 bits per heavy atom. The second-order valence-corrected chi connectivity index (χ2v) is 7.80. The number of hydrogen-bond donors (Lipinski definition) is 2. The van der Waals surface area contributed by atoms with Crippen molar-refractivity contribution in [3.05, 3.63) is 52.0 Å². The molecule has 31 heavy (non-hydrogen) atoms. The molecule has 0 spiro atoms. The Morgan fingerprint density at radius 3 is 2.48 bits per heavy atom. The number of fused-ring (bicyclic) bond motifs is 1. The normalized spacial score (nSPS) is 14.8. The zero-order chi connectivity index (χ0) is 22.5. The highest BCUT2D eigenvalue weighted by molar-refractivity contribution is 9.10.